The van der Waals surface area contributed by atoms with Crippen LogP contribution in [-0.2, 0) is 11.4 Å². The molecule has 1 saturated heterocycles. The number of amides is 2. The van der Waals surface area contributed by atoms with Crippen LogP contribution in [0.4, 0.5) is 9.18 Å². The van der Waals surface area contributed by atoms with Crippen molar-refractivity contribution in [2.75, 3.05) is 6.54 Å². The lowest BCUT2D eigenvalue weighted by atomic mass is 10.2. The molecule has 4 nitrogen and oxygen atoms in total. The van der Waals surface area contributed by atoms with Crippen LogP contribution in [0.15, 0.2) is 66.1 Å². The van der Waals surface area contributed by atoms with Crippen molar-refractivity contribution >= 4 is 29.0 Å². The van der Waals surface area contributed by atoms with Crippen LogP contribution < -0.4 is 4.74 Å². The number of rotatable bonds is 6. The molecule has 132 valence electrons. The summed E-state index contributed by atoms with van der Waals surface area (Å²) >= 11 is 0.895. The Bertz CT molecular complexity index is 894. The second-order valence-electron chi connectivity index (χ2n) is 5.53. The number of nitrogens with zero attached hydrogens (tertiary/aromatic N) is 1. The molecule has 1 fully saturated rings. The van der Waals surface area contributed by atoms with Crippen molar-refractivity contribution in [3.05, 3.63) is 83.0 Å². The van der Waals surface area contributed by atoms with Gasteiger partial charge >= 0.3 is 0 Å². The molecule has 0 aromatic heterocycles. The Labute approximate surface area is 155 Å². The molecule has 0 unspecified atom stereocenters. The van der Waals surface area contributed by atoms with Gasteiger partial charge in [0, 0.05) is 12.1 Å². The maximum absolute atomic E-state index is 13.6. The minimum absolute atomic E-state index is 0.103. The Balaban J connectivity index is 1.73. The molecule has 0 N–H and O–H groups in total. The molecule has 6 heteroatoms. The lowest BCUT2D eigenvalue weighted by Crippen LogP contribution is -2.27. The summed E-state index contributed by atoms with van der Waals surface area (Å²) in [6.45, 7) is 3.84. The molecule has 26 heavy (non-hydrogen) atoms. The molecule has 2 aromatic rings. The number of carbonyl (C=O) groups is 2. The van der Waals surface area contributed by atoms with E-state index in [4.69, 9.17) is 4.74 Å². The molecule has 3 rings (SSSR count). The molecule has 0 bridgehead atoms. The largest absolute Gasteiger partial charge is 0.489 e. The van der Waals surface area contributed by atoms with Crippen molar-refractivity contribution in [1.29, 1.82) is 0 Å². The fourth-order valence-electron chi connectivity index (χ4n) is 2.41. The van der Waals surface area contributed by atoms with Crippen molar-refractivity contribution in [2.45, 2.75) is 6.61 Å². The van der Waals surface area contributed by atoms with Gasteiger partial charge in [0.25, 0.3) is 11.1 Å². The van der Waals surface area contributed by atoms with E-state index in [9.17, 15) is 14.0 Å². The number of thioether (sulfide) groups is 1. The monoisotopic (exact) mass is 369 g/mol. The summed E-state index contributed by atoms with van der Waals surface area (Å²) in [4.78, 5) is 25.6. The SMILES string of the molecule is C=CCN1C(=O)S/C(=C/c2cccc(OCc3ccccc3F)c2)C1=O. The van der Waals surface area contributed by atoms with E-state index >= 15 is 0 Å². The molecule has 1 aliphatic rings. The molecular weight excluding hydrogens is 353 g/mol. The van der Waals surface area contributed by atoms with Gasteiger partial charge in [-0.25, -0.2) is 4.39 Å². The van der Waals surface area contributed by atoms with Gasteiger partial charge in [-0.15, -0.1) is 6.58 Å². The third-order valence-corrected chi connectivity index (χ3v) is 4.60. The summed E-state index contributed by atoms with van der Waals surface area (Å²) < 4.78 is 19.3. The van der Waals surface area contributed by atoms with Crippen molar-refractivity contribution < 1.29 is 18.7 Å². The van der Waals surface area contributed by atoms with Crippen LogP contribution in [-0.4, -0.2) is 22.6 Å². The smallest absolute Gasteiger partial charge is 0.293 e. The third kappa shape index (κ3) is 4.03. The Morgan fingerprint density at radius 2 is 1.96 bits per heavy atom. The molecule has 0 radical (unpaired) electrons. The Morgan fingerprint density at radius 3 is 2.73 bits per heavy atom. The normalized spacial score (nSPS) is 15.6. The first-order chi connectivity index (χ1) is 12.6. The highest BCUT2D eigenvalue weighted by molar-refractivity contribution is 8.18. The molecule has 2 amide bonds. The third-order valence-electron chi connectivity index (χ3n) is 3.69. The molecule has 0 saturated carbocycles. The van der Waals surface area contributed by atoms with Gasteiger partial charge < -0.3 is 4.74 Å². The van der Waals surface area contributed by atoms with E-state index < -0.39 is 0 Å². The number of halogens is 1. The fraction of sp³-hybridized carbons (Fsp3) is 0.100. The van der Waals surface area contributed by atoms with Gasteiger partial charge in [0.1, 0.15) is 18.2 Å². The standard InChI is InChI=1S/C20H16FNO3S/c1-2-10-22-19(23)18(26-20(22)24)12-14-6-5-8-16(11-14)25-13-15-7-3-4-9-17(15)21/h2-9,11-12H,1,10,13H2/b18-12+. The first-order valence-electron chi connectivity index (χ1n) is 7.91. The lowest BCUT2D eigenvalue weighted by molar-refractivity contribution is -0.122. The minimum Gasteiger partial charge on any atom is -0.489 e. The summed E-state index contributed by atoms with van der Waals surface area (Å²) in [5, 5.41) is -0.312. The average Bonchev–Trinajstić information content (AvgIpc) is 2.89. The maximum atomic E-state index is 13.6. The van der Waals surface area contributed by atoms with Gasteiger partial charge in [-0.1, -0.05) is 36.4 Å². The predicted octanol–water partition coefficient (Wildman–Crippen LogP) is 4.63. The van der Waals surface area contributed by atoms with Gasteiger partial charge in [-0.05, 0) is 41.6 Å². The molecule has 1 aliphatic heterocycles. The van der Waals surface area contributed by atoms with Crippen LogP contribution in [0, 0.1) is 5.82 Å². The van der Waals surface area contributed by atoms with Gasteiger partial charge in [0.05, 0.1) is 4.91 Å². The Hall–Kier alpha value is -2.86. The average molecular weight is 369 g/mol. The summed E-state index contributed by atoms with van der Waals surface area (Å²) in [6, 6.07) is 13.5. The predicted molar refractivity (Wildman–Crippen MR) is 100 cm³/mol. The van der Waals surface area contributed by atoms with Crippen LogP contribution in [0.1, 0.15) is 11.1 Å². The summed E-state index contributed by atoms with van der Waals surface area (Å²) in [5.41, 5.74) is 1.18. The highest BCUT2D eigenvalue weighted by Crippen LogP contribution is 2.32. The van der Waals surface area contributed by atoms with Gasteiger partial charge in [0.2, 0.25) is 0 Å². The van der Waals surface area contributed by atoms with Gasteiger partial charge in [-0.2, -0.15) is 0 Å². The molecule has 0 spiro atoms. The van der Waals surface area contributed by atoms with Crippen molar-refractivity contribution in [3.63, 3.8) is 0 Å². The number of hydrogen-bond acceptors (Lipinski definition) is 4. The number of imide groups is 1. The van der Waals surface area contributed by atoms with Gasteiger partial charge in [0.15, 0.2) is 0 Å². The van der Waals surface area contributed by atoms with Crippen molar-refractivity contribution in [1.82, 2.24) is 4.90 Å². The summed E-state index contributed by atoms with van der Waals surface area (Å²) in [5.74, 6) is -0.107. The molecular formula is C20H16FNO3S. The zero-order chi connectivity index (χ0) is 18.5. The van der Waals surface area contributed by atoms with Crippen LogP contribution in [0.25, 0.3) is 6.08 Å². The van der Waals surface area contributed by atoms with Crippen molar-refractivity contribution in [2.24, 2.45) is 0 Å². The molecule has 0 aliphatic carbocycles. The van der Waals surface area contributed by atoms with Crippen LogP contribution >= 0.6 is 11.8 Å². The Kier molecular flexibility index (Phi) is 5.53. The number of hydrogen-bond donors (Lipinski definition) is 0. The van der Waals surface area contributed by atoms with E-state index in [0.29, 0.717) is 16.2 Å². The quantitative estimate of drug-likeness (QED) is 0.550. The van der Waals surface area contributed by atoms with E-state index in [1.165, 1.54) is 12.1 Å². The van der Waals surface area contributed by atoms with E-state index in [1.807, 2.05) is 0 Å². The van der Waals surface area contributed by atoms with Gasteiger partial charge in [-0.3, -0.25) is 14.5 Å². The van der Waals surface area contributed by atoms with E-state index in [2.05, 4.69) is 6.58 Å². The molecule has 2 aromatic carbocycles. The number of ether oxygens (including phenoxy) is 1. The van der Waals surface area contributed by atoms with E-state index in [0.717, 1.165) is 22.2 Å². The minimum atomic E-state index is -0.336. The zero-order valence-electron chi connectivity index (χ0n) is 13.9. The molecule has 1 heterocycles. The van der Waals surface area contributed by atoms with Crippen LogP contribution in [0.5, 0.6) is 5.75 Å². The van der Waals surface area contributed by atoms with Crippen molar-refractivity contribution in [3.8, 4) is 5.75 Å². The highest BCUT2D eigenvalue weighted by atomic mass is 32.2. The summed E-state index contributed by atoms with van der Waals surface area (Å²) in [6.07, 6.45) is 3.15. The second-order valence-corrected chi connectivity index (χ2v) is 6.53. The zero-order valence-corrected chi connectivity index (χ0v) is 14.7. The maximum Gasteiger partial charge on any atom is 0.293 e. The molecule has 0 atom stereocenters. The van der Waals surface area contributed by atoms with Crippen LogP contribution in [0.2, 0.25) is 0 Å². The number of carbonyl (C=O) groups excluding carboxylic acids is 2. The second kappa shape index (κ2) is 8.01. The fourth-order valence-corrected chi connectivity index (χ4v) is 3.26. The van der Waals surface area contributed by atoms with E-state index in [1.54, 1.807) is 48.5 Å². The van der Waals surface area contributed by atoms with Crippen LogP contribution in [0.3, 0.4) is 0 Å². The lowest BCUT2D eigenvalue weighted by Gasteiger charge is -2.08. The number of benzene rings is 2. The topological polar surface area (TPSA) is 46.6 Å². The first kappa shape index (κ1) is 17.9. The first-order valence-corrected chi connectivity index (χ1v) is 8.72. The van der Waals surface area contributed by atoms with E-state index in [-0.39, 0.29) is 30.1 Å². The summed E-state index contributed by atoms with van der Waals surface area (Å²) in [7, 11) is 0. The highest BCUT2D eigenvalue weighted by Gasteiger charge is 2.33. The Morgan fingerprint density at radius 1 is 1.15 bits per heavy atom.